The molecular weight excluding hydrogens is 216 g/mol. The Hall–Kier alpha value is -0.310. The van der Waals surface area contributed by atoms with Crippen molar-refractivity contribution in [1.29, 1.82) is 0 Å². The van der Waals surface area contributed by atoms with E-state index in [1.165, 1.54) is 5.82 Å². The van der Waals surface area contributed by atoms with Crippen molar-refractivity contribution in [2.75, 3.05) is 0 Å². The first-order chi connectivity index (χ1) is 5.66. The fourth-order valence-corrected chi connectivity index (χ4v) is 1.74. The van der Waals surface area contributed by atoms with Crippen molar-refractivity contribution in [3.8, 4) is 0 Å². The lowest BCUT2D eigenvalue weighted by Crippen LogP contribution is -2.05. The Labute approximate surface area is 82.1 Å². The second-order valence-electron chi connectivity index (χ2n) is 3.25. The van der Waals surface area contributed by atoms with E-state index in [1.54, 1.807) is 0 Å². The molecule has 0 aromatic carbocycles. The highest BCUT2D eigenvalue weighted by Gasteiger charge is 2.09. The van der Waals surface area contributed by atoms with Gasteiger partial charge in [-0.3, -0.25) is 0 Å². The average molecular weight is 231 g/mol. The van der Waals surface area contributed by atoms with Crippen molar-refractivity contribution in [3.05, 3.63) is 16.6 Å². The number of halogens is 1. The molecule has 0 N–H and O–H groups in total. The van der Waals surface area contributed by atoms with Gasteiger partial charge >= 0.3 is 0 Å². The summed E-state index contributed by atoms with van der Waals surface area (Å²) in [4.78, 5) is 4.35. The van der Waals surface area contributed by atoms with E-state index in [9.17, 15) is 0 Å². The summed E-state index contributed by atoms with van der Waals surface area (Å²) in [7, 11) is 0. The third kappa shape index (κ3) is 1.89. The van der Waals surface area contributed by atoms with E-state index in [0.29, 0.717) is 5.92 Å². The number of hydrogen-bond donors (Lipinski definition) is 0. The molecule has 68 valence electrons. The lowest BCUT2D eigenvalue weighted by Gasteiger charge is -2.09. The van der Waals surface area contributed by atoms with Crippen LogP contribution in [0.3, 0.4) is 0 Å². The van der Waals surface area contributed by atoms with Crippen LogP contribution in [0.5, 0.6) is 0 Å². The van der Waals surface area contributed by atoms with Gasteiger partial charge in [0.25, 0.3) is 0 Å². The highest BCUT2D eigenvalue weighted by Crippen LogP contribution is 2.19. The zero-order valence-corrected chi connectivity index (χ0v) is 9.43. The first-order valence-corrected chi connectivity index (χ1v) is 5.17. The first-order valence-electron chi connectivity index (χ1n) is 4.37. The van der Waals surface area contributed by atoms with Gasteiger partial charge in [0.15, 0.2) is 0 Å². The van der Waals surface area contributed by atoms with E-state index in [1.807, 2.05) is 6.20 Å². The molecule has 0 aliphatic heterocycles. The van der Waals surface area contributed by atoms with Crippen LogP contribution in [0.4, 0.5) is 0 Å². The van der Waals surface area contributed by atoms with Crippen LogP contribution in [0, 0.1) is 0 Å². The predicted octanol–water partition coefficient (Wildman–Crippen LogP) is 3.18. The topological polar surface area (TPSA) is 17.8 Å². The van der Waals surface area contributed by atoms with Gasteiger partial charge in [0, 0.05) is 12.5 Å². The standard InChI is InChI=1S/C9H15BrN2/c1-4-5-12-8(10)6-11-9(12)7(2)3/h6-7H,4-5H2,1-3H3. The molecule has 0 unspecified atom stereocenters. The Balaban J connectivity index is 2.95. The van der Waals surface area contributed by atoms with Crippen molar-refractivity contribution in [1.82, 2.24) is 9.55 Å². The molecule has 0 aliphatic carbocycles. The van der Waals surface area contributed by atoms with Gasteiger partial charge in [-0.15, -0.1) is 0 Å². The van der Waals surface area contributed by atoms with E-state index in [0.717, 1.165) is 17.6 Å². The Morgan fingerprint density at radius 1 is 1.58 bits per heavy atom. The van der Waals surface area contributed by atoms with Crippen LogP contribution in [0.25, 0.3) is 0 Å². The molecule has 0 bridgehead atoms. The monoisotopic (exact) mass is 230 g/mol. The maximum atomic E-state index is 4.35. The number of nitrogens with zero attached hydrogens (tertiary/aromatic N) is 2. The van der Waals surface area contributed by atoms with Crippen molar-refractivity contribution in [2.24, 2.45) is 0 Å². The lowest BCUT2D eigenvalue weighted by atomic mass is 10.2. The quantitative estimate of drug-likeness (QED) is 0.781. The second-order valence-corrected chi connectivity index (χ2v) is 4.06. The third-order valence-electron chi connectivity index (χ3n) is 1.80. The molecule has 0 amide bonds. The molecule has 0 saturated carbocycles. The summed E-state index contributed by atoms with van der Waals surface area (Å²) in [5.41, 5.74) is 0. The smallest absolute Gasteiger partial charge is 0.112 e. The lowest BCUT2D eigenvalue weighted by molar-refractivity contribution is 0.601. The maximum Gasteiger partial charge on any atom is 0.112 e. The van der Waals surface area contributed by atoms with Gasteiger partial charge in [0.1, 0.15) is 10.4 Å². The van der Waals surface area contributed by atoms with Gasteiger partial charge in [-0.1, -0.05) is 20.8 Å². The fourth-order valence-electron chi connectivity index (χ4n) is 1.27. The number of aromatic nitrogens is 2. The Morgan fingerprint density at radius 3 is 2.75 bits per heavy atom. The summed E-state index contributed by atoms with van der Waals surface area (Å²) in [6, 6.07) is 0. The van der Waals surface area contributed by atoms with Gasteiger partial charge in [-0.05, 0) is 22.4 Å². The molecule has 0 saturated heterocycles. The normalized spacial score (nSPS) is 11.1. The Morgan fingerprint density at radius 2 is 2.25 bits per heavy atom. The van der Waals surface area contributed by atoms with Crippen LogP contribution in [0.1, 0.15) is 38.9 Å². The van der Waals surface area contributed by atoms with Crippen molar-refractivity contribution in [2.45, 2.75) is 39.7 Å². The van der Waals surface area contributed by atoms with Gasteiger partial charge < -0.3 is 4.57 Å². The van der Waals surface area contributed by atoms with Crippen molar-refractivity contribution in [3.63, 3.8) is 0 Å². The van der Waals surface area contributed by atoms with Crippen LogP contribution in [0.15, 0.2) is 10.8 Å². The maximum absolute atomic E-state index is 4.35. The van der Waals surface area contributed by atoms with E-state index in [4.69, 9.17) is 0 Å². The molecule has 0 radical (unpaired) electrons. The van der Waals surface area contributed by atoms with Crippen molar-refractivity contribution >= 4 is 15.9 Å². The molecule has 0 fully saturated rings. The largest absolute Gasteiger partial charge is 0.323 e. The van der Waals surface area contributed by atoms with E-state index in [2.05, 4.69) is 46.3 Å². The molecule has 1 rings (SSSR count). The second kappa shape index (κ2) is 4.08. The highest BCUT2D eigenvalue weighted by molar-refractivity contribution is 9.10. The summed E-state index contributed by atoms with van der Waals surface area (Å²) < 4.78 is 3.32. The molecular formula is C9H15BrN2. The van der Waals surface area contributed by atoms with E-state index in [-0.39, 0.29) is 0 Å². The van der Waals surface area contributed by atoms with Crippen LogP contribution >= 0.6 is 15.9 Å². The third-order valence-corrected chi connectivity index (χ3v) is 2.43. The minimum Gasteiger partial charge on any atom is -0.323 e. The predicted molar refractivity (Wildman–Crippen MR) is 54.3 cm³/mol. The first kappa shape index (κ1) is 9.78. The van der Waals surface area contributed by atoms with Crippen LogP contribution in [0.2, 0.25) is 0 Å². The molecule has 1 aromatic rings. The number of hydrogen-bond acceptors (Lipinski definition) is 1. The van der Waals surface area contributed by atoms with Crippen molar-refractivity contribution < 1.29 is 0 Å². The van der Waals surface area contributed by atoms with Gasteiger partial charge in [-0.25, -0.2) is 4.98 Å². The molecule has 0 atom stereocenters. The number of rotatable bonds is 3. The summed E-state index contributed by atoms with van der Waals surface area (Å²) >= 11 is 3.49. The SMILES string of the molecule is CCCn1c(Br)cnc1C(C)C. The Bertz CT molecular complexity index is 253. The minimum atomic E-state index is 0.503. The molecule has 0 aliphatic rings. The Kier molecular flexibility index (Phi) is 3.32. The zero-order chi connectivity index (χ0) is 9.14. The molecule has 12 heavy (non-hydrogen) atoms. The van der Waals surface area contributed by atoms with E-state index < -0.39 is 0 Å². The van der Waals surface area contributed by atoms with Gasteiger partial charge in [-0.2, -0.15) is 0 Å². The average Bonchev–Trinajstić information content (AvgIpc) is 2.34. The number of imidazole rings is 1. The molecule has 1 heterocycles. The van der Waals surface area contributed by atoms with E-state index >= 15 is 0 Å². The summed E-state index contributed by atoms with van der Waals surface area (Å²) in [5, 5.41) is 0. The molecule has 3 heteroatoms. The van der Waals surface area contributed by atoms with Crippen LogP contribution < -0.4 is 0 Å². The van der Waals surface area contributed by atoms with Gasteiger partial charge in [0.2, 0.25) is 0 Å². The summed E-state index contributed by atoms with van der Waals surface area (Å²) in [6.07, 6.45) is 3.03. The molecule has 0 spiro atoms. The highest BCUT2D eigenvalue weighted by atomic mass is 79.9. The minimum absolute atomic E-state index is 0.503. The fraction of sp³-hybridized carbons (Fsp3) is 0.667. The van der Waals surface area contributed by atoms with Gasteiger partial charge in [0.05, 0.1) is 6.20 Å². The molecule has 2 nitrogen and oxygen atoms in total. The summed E-state index contributed by atoms with van der Waals surface area (Å²) in [6.45, 7) is 7.56. The van der Waals surface area contributed by atoms with Crippen LogP contribution in [-0.2, 0) is 6.54 Å². The zero-order valence-electron chi connectivity index (χ0n) is 7.84. The molecule has 1 aromatic heterocycles. The summed E-state index contributed by atoms with van der Waals surface area (Å²) in [5.74, 6) is 1.67. The van der Waals surface area contributed by atoms with Crippen LogP contribution in [-0.4, -0.2) is 9.55 Å².